The van der Waals surface area contributed by atoms with Crippen molar-refractivity contribution >= 4 is 21.6 Å². The zero-order valence-electron chi connectivity index (χ0n) is 15.5. The molecule has 1 aliphatic rings. The highest BCUT2D eigenvalue weighted by Crippen LogP contribution is 2.30. The monoisotopic (exact) mass is 392 g/mol. The highest BCUT2D eigenvalue weighted by atomic mass is 32.2. The lowest BCUT2D eigenvalue weighted by atomic mass is 10.2. The number of carbonyl (C=O) groups excluding carboxylic acids is 1. The average molecular weight is 392 g/mol. The number of methoxy groups -OCH3 is 1. The topological polar surface area (TPSA) is 93.5 Å². The molecule has 1 aliphatic heterocycles. The number of ether oxygens (including phenoxy) is 1. The first-order chi connectivity index (χ1) is 12.9. The smallest absolute Gasteiger partial charge is 0.247 e. The number of anilines is 1. The zero-order chi connectivity index (χ0) is 19.4. The predicted octanol–water partition coefficient (Wildman–Crippen LogP) is 2.27. The molecule has 1 fully saturated rings. The van der Waals surface area contributed by atoms with Crippen LogP contribution in [0.2, 0.25) is 0 Å². The zero-order valence-corrected chi connectivity index (χ0v) is 16.3. The van der Waals surface area contributed by atoms with Gasteiger partial charge in [-0.2, -0.15) is 4.31 Å². The first-order valence-electron chi connectivity index (χ1n) is 8.90. The molecule has 0 radical (unpaired) electrons. The Morgan fingerprint density at radius 3 is 2.63 bits per heavy atom. The minimum Gasteiger partial charge on any atom is -0.495 e. The number of amides is 1. The summed E-state index contributed by atoms with van der Waals surface area (Å²) in [5.41, 5.74) is 0.326. The van der Waals surface area contributed by atoms with Gasteiger partial charge in [-0.05, 0) is 38.0 Å². The van der Waals surface area contributed by atoms with E-state index < -0.39 is 16.1 Å². The van der Waals surface area contributed by atoms with Crippen molar-refractivity contribution in [3.05, 3.63) is 36.9 Å². The van der Waals surface area contributed by atoms with Crippen LogP contribution in [0.5, 0.6) is 5.75 Å². The Morgan fingerprint density at radius 1 is 1.26 bits per heavy atom. The number of benzene rings is 1. The molecule has 2 heterocycles. The van der Waals surface area contributed by atoms with Gasteiger partial charge in [0.1, 0.15) is 11.8 Å². The third-order valence-corrected chi connectivity index (χ3v) is 6.63. The molecular formula is C18H24N4O4S. The molecule has 27 heavy (non-hydrogen) atoms. The first kappa shape index (κ1) is 19.4. The highest BCUT2D eigenvalue weighted by molar-refractivity contribution is 7.89. The summed E-state index contributed by atoms with van der Waals surface area (Å²) in [5, 5.41) is 2.77. The molecule has 1 N–H and O–H groups in total. The van der Waals surface area contributed by atoms with Crippen molar-refractivity contribution in [2.24, 2.45) is 0 Å². The lowest BCUT2D eigenvalue weighted by molar-refractivity contribution is -0.118. The van der Waals surface area contributed by atoms with Gasteiger partial charge in [0.05, 0.1) is 24.0 Å². The van der Waals surface area contributed by atoms with Gasteiger partial charge in [-0.15, -0.1) is 0 Å². The third-order valence-electron chi connectivity index (χ3n) is 4.73. The number of hydrogen-bond donors (Lipinski definition) is 1. The van der Waals surface area contributed by atoms with E-state index in [2.05, 4.69) is 10.3 Å². The van der Waals surface area contributed by atoms with Crippen LogP contribution >= 0.6 is 0 Å². The second-order valence-corrected chi connectivity index (χ2v) is 8.44. The second-order valence-electron chi connectivity index (χ2n) is 6.50. The lowest BCUT2D eigenvalue weighted by Gasteiger charge is -2.26. The van der Waals surface area contributed by atoms with Crippen molar-refractivity contribution in [3.8, 4) is 5.75 Å². The normalized spacial score (nSPS) is 16.7. The molecule has 0 unspecified atom stereocenters. The van der Waals surface area contributed by atoms with Crippen LogP contribution in [-0.4, -0.2) is 48.4 Å². The summed E-state index contributed by atoms with van der Waals surface area (Å²) in [6.07, 6.45) is 7.61. The van der Waals surface area contributed by atoms with Gasteiger partial charge >= 0.3 is 0 Å². The summed E-state index contributed by atoms with van der Waals surface area (Å²) in [7, 11) is -2.12. The van der Waals surface area contributed by atoms with Crippen LogP contribution in [0.15, 0.2) is 41.8 Å². The van der Waals surface area contributed by atoms with Gasteiger partial charge in [0.25, 0.3) is 0 Å². The van der Waals surface area contributed by atoms with E-state index in [1.54, 1.807) is 36.3 Å². The minimum atomic E-state index is -3.60. The molecule has 9 heteroatoms. The Hall–Kier alpha value is -2.39. The van der Waals surface area contributed by atoms with Crippen molar-refractivity contribution in [3.63, 3.8) is 0 Å². The number of hydrogen-bond acceptors (Lipinski definition) is 5. The van der Waals surface area contributed by atoms with Crippen LogP contribution in [0.1, 0.15) is 32.2 Å². The standard InChI is InChI=1S/C18H24N4O4S/c1-14(21-11-8-19-13-21)18(23)20-16-12-15(6-7-17(16)26-2)27(24,25)22-9-4-3-5-10-22/h6-8,11-14H,3-5,9-10H2,1-2H3,(H,20,23)/t14-/m1/s1. The second kappa shape index (κ2) is 8.10. The molecule has 0 bridgehead atoms. The fraction of sp³-hybridized carbons (Fsp3) is 0.444. The number of nitrogens with one attached hydrogen (secondary N) is 1. The summed E-state index contributed by atoms with van der Waals surface area (Å²) < 4.78 is 34.3. The van der Waals surface area contributed by atoms with Crippen molar-refractivity contribution < 1.29 is 17.9 Å². The van der Waals surface area contributed by atoms with Crippen LogP contribution in [0.4, 0.5) is 5.69 Å². The van der Waals surface area contributed by atoms with Crippen LogP contribution in [0, 0.1) is 0 Å². The van der Waals surface area contributed by atoms with Gasteiger partial charge in [0, 0.05) is 25.5 Å². The maximum atomic E-state index is 12.9. The number of aromatic nitrogens is 2. The van der Waals surface area contributed by atoms with E-state index in [4.69, 9.17) is 4.74 Å². The van der Waals surface area contributed by atoms with Gasteiger partial charge in [0.2, 0.25) is 15.9 Å². The predicted molar refractivity (Wildman–Crippen MR) is 101 cm³/mol. The summed E-state index contributed by atoms with van der Waals surface area (Å²) in [6, 6.07) is 4.03. The van der Waals surface area contributed by atoms with Crippen molar-refractivity contribution in [1.29, 1.82) is 0 Å². The van der Waals surface area contributed by atoms with Crippen LogP contribution in [0.25, 0.3) is 0 Å². The molecule has 146 valence electrons. The molecule has 1 saturated heterocycles. The van der Waals surface area contributed by atoms with Gasteiger partial charge in [-0.1, -0.05) is 6.42 Å². The Kier molecular flexibility index (Phi) is 5.81. The van der Waals surface area contributed by atoms with E-state index in [-0.39, 0.29) is 10.8 Å². The fourth-order valence-corrected chi connectivity index (χ4v) is 4.61. The largest absolute Gasteiger partial charge is 0.495 e. The molecule has 1 amide bonds. The molecule has 1 aromatic heterocycles. The maximum absolute atomic E-state index is 12.9. The van der Waals surface area contributed by atoms with E-state index in [0.717, 1.165) is 19.3 Å². The molecule has 1 atom stereocenters. The van der Waals surface area contributed by atoms with Crippen LogP contribution in [-0.2, 0) is 14.8 Å². The number of sulfonamides is 1. The number of nitrogens with zero attached hydrogens (tertiary/aromatic N) is 3. The number of imidazole rings is 1. The van der Waals surface area contributed by atoms with Gasteiger partial charge in [-0.3, -0.25) is 4.79 Å². The third kappa shape index (κ3) is 4.14. The molecule has 3 rings (SSSR count). The van der Waals surface area contributed by atoms with Gasteiger partial charge in [0.15, 0.2) is 0 Å². The molecule has 0 aliphatic carbocycles. The maximum Gasteiger partial charge on any atom is 0.247 e. The SMILES string of the molecule is COc1ccc(S(=O)(=O)N2CCCCC2)cc1NC(=O)[C@@H](C)n1ccnc1. The van der Waals surface area contributed by atoms with Crippen molar-refractivity contribution in [2.75, 3.05) is 25.5 Å². The fourth-order valence-electron chi connectivity index (χ4n) is 3.07. The molecule has 1 aromatic carbocycles. The molecule has 8 nitrogen and oxygen atoms in total. The molecule has 0 saturated carbocycles. The van der Waals surface area contributed by atoms with Gasteiger partial charge in [-0.25, -0.2) is 13.4 Å². The quantitative estimate of drug-likeness (QED) is 0.814. The highest BCUT2D eigenvalue weighted by Gasteiger charge is 2.27. The molecule has 2 aromatic rings. The Morgan fingerprint density at radius 2 is 2.00 bits per heavy atom. The molecular weight excluding hydrogens is 368 g/mol. The number of rotatable bonds is 6. The van der Waals surface area contributed by atoms with E-state index in [0.29, 0.717) is 24.5 Å². The Bertz CT molecular complexity index is 890. The van der Waals surface area contributed by atoms with E-state index >= 15 is 0 Å². The average Bonchev–Trinajstić information content (AvgIpc) is 3.22. The summed E-state index contributed by atoms with van der Waals surface area (Å²) >= 11 is 0. The summed E-state index contributed by atoms with van der Waals surface area (Å²) in [5.74, 6) is 0.109. The van der Waals surface area contributed by atoms with Crippen LogP contribution < -0.4 is 10.1 Å². The Labute approximate surface area is 159 Å². The van der Waals surface area contributed by atoms with E-state index in [1.165, 1.54) is 23.5 Å². The first-order valence-corrected chi connectivity index (χ1v) is 10.3. The molecule has 0 spiro atoms. The van der Waals surface area contributed by atoms with E-state index in [9.17, 15) is 13.2 Å². The van der Waals surface area contributed by atoms with Gasteiger partial charge < -0.3 is 14.6 Å². The van der Waals surface area contributed by atoms with Crippen molar-refractivity contribution in [2.45, 2.75) is 37.1 Å². The lowest BCUT2D eigenvalue weighted by Crippen LogP contribution is -2.35. The van der Waals surface area contributed by atoms with E-state index in [1.807, 2.05) is 0 Å². The number of carbonyl (C=O) groups is 1. The Balaban J connectivity index is 1.86. The number of piperidine rings is 1. The van der Waals surface area contributed by atoms with Crippen LogP contribution in [0.3, 0.4) is 0 Å². The summed E-state index contributed by atoms with van der Waals surface area (Å²) in [6.45, 7) is 2.78. The van der Waals surface area contributed by atoms with Crippen molar-refractivity contribution in [1.82, 2.24) is 13.9 Å². The minimum absolute atomic E-state index is 0.149. The summed E-state index contributed by atoms with van der Waals surface area (Å²) in [4.78, 5) is 16.7.